The van der Waals surface area contributed by atoms with Gasteiger partial charge in [0.1, 0.15) is 0 Å². The van der Waals surface area contributed by atoms with Crippen LogP contribution in [0.2, 0.25) is 0 Å². The predicted octanol–water partition coefficient (Wildman–Crippen LogP) is 4.74. The summed E-state index contributed by atoms with van der Waals surface area (Å²) in [5, 5.41) is 4.42. The summed E-state index contributed by atoms with van der Waals surface area (Å²) in [5.41, 5.74) is 1.39. The lowest BCUT2D eigenvalue weighted by atomic mass is 10.2. The molecule has 2 saturated carbocycles. The van der Waals surface area contributed by atoms with Gasteiger partial charge in [0.2, 0.25) is 0 Å². The van der Waals surface area contributed by atoms with Crippen molar-refractivity contribution in [3.63, 3.8) is 0 Å². The molecule has 0 bridgehead atoms. The Balaban J connectivity index is 1.59. The molecule has 98 valence electrons. The minimum absolute atomic E-state index is 0.782. The molecule has 3 heteroatoms. The van der Waals surface area contributed by atoms with Crippen LogP contribution >= 0.6 is 27.7 Å². The Labute approximate surface area is 122 Å². The van der Waals surface area contributed by atoms with Crippen molar-refractivity contribution in [3.8, 4) is 0 Å². The van der Waals surface area contributed by atoms with Crippen LogP contribution < -0.4 is 5.32 Å². The van der Waals surface area contributed by atoms with E-state index < -0.39 is 0 Å². The summed E-state index contributed by atoms with van der Waals surface area (Å²) in [6.45, 7) is 1.000. The summed E-state index contributed by atoms with van der Waals surface area (Å²) >= 11 is 5.77. The molecule has 18 heavy (non-hydrogen) atoms. The van der Waals surface area contributed by atoms with Gasteiger partial charge in [-0.15, -0.1) is 11.8 Å². The van der Waals surface area contributed by atoms with E-state index in [0.29, 0.717) is 0 Å². The van der Waals surface area contributed by atoms with E-state index in [0.717, 1.165) is 17.8 Å². The molecule has 2 aliphatic carbocycles. The minimum atomic E-state index is 0.782. The molecule has 0 radical (unpaired) electrons. The number of thioether (sulfide) groups is 1. The third-order valence-electron chi connectivity index (χ3n) is 3.79. The van der Waals surface area contributed by atoms with E-state index in [-0.39, 0.29) is 0 Å². The topological polar surface area (TPSA) is 12.0 Å². The van der Waals surface area contributed by atoms with Crippen LogP contribution in [0.3, 0.4) is 0 Å². The van der Waals surface area contributed by atoms with Gasteiger partial charge in [0.25, 0.3) is 0 Å². The number of hydrogen-bond donors (Lipinski definition) is 1. The van der Waals surface area contributed by atoms with Crippen LogP contribution in [0.4, 0.5) is 0 Å². The Kier molecular flexibility index (Phi) is 4.32. The third kappa shape index (κ3) is 3.52. The molecule has 0 unspecified atom stereocenters. The quantitative estimate of drug-likeness (QED) is 0.839. The highest BCUT2D eigenvalue weighted by Gasteiger charge is 2.20. The van der Waals surface area contributed by atoms with E-state index in [9.17, 15) is 0 Å². The Morgan fingerprint density at radius 3 is 2.61 bits per heavy atom. The Hall–Kier alpha value is 0.01000. The van der Waals surface area contributed by atoms with E-state index in [1.807, 2.05) is 0 Å². The van der Waals surface area contributed by atoms with Crippen molar-refractivity contribution in [2.24, 2.45) is 0 Å². The second-order valence-corrected chi connectivity index (χ2v) is 7.66. The fraction of sp³-hybridized carbons (Fsp3) is 0.600. The third-order valence-corrected chi connectivity index (χ3v) is 5.86. The number of benzene rings is 1. The molecule has 0 heterocycles. The van der Waals surface area contributed by atoms with Gasteiger partial charge in [-0.25, -0.2) is 0 Å². The van der Waals surface area contributed by atoms with Crippen LogP contribution in [-0.2, 0) is 6.54 Å². The lowest BCUT2D eigenvalue weighted by molar-refractivity contribution is 0.685. The Bertz CT molecular complexity index is 411. The summed E-state index contributed by atoms with van der Waals surface area (Å²) < 4.78 is 1.26. The molecule has 0 amide bonds. The van der Waals surface area contributed by atoms with Gasteiger partial charge in [-0.3, -0.25) is 0 Å². The van der Waals surface area contributed by atoms with Crippen molar-refractivity contribution < 1.29 is 0 Å². The van der Waals surface area contributed by atoms with Crippen LogP contribution in [0.5, 0.6) is 0 Å². The first-order chi connectivity index (χ1) is 8.81. The second-order valence-electron chi connectivity index (χ2n) is 5.43. The van der Waals surface area contributed by atoms with Crippen LogP contribution in [0.15, 0.2) is 27.6 Å². The molecule has 0 saturated heterocycles. The minimum Gasteiger partial charge on any atom is -0.310 e. The van der Waals surface area contributed by atoms with Gasteiger partial charge < -0.3 is 5.32 Å². The van der Waals surface area contributed by atoms with Crippen LogP contribution in [0.1, 0.15) is 44.1 Å². The van der Waals surface area contributed by atoms with Gasteiger partial charge >= 0.3 is 0 Å². The van der Waals surface area contributed by atoms with Crippen molar-refractivity contribution in [2.75, 3.05) is 0 Å². The lowest BCUT2D eigenvalue weighted by Gasteiger charge is -2.11. The van der Waals surface area contributed by atoms with E-state index >= 15 is 0 Å². The van der Waals surface area contributed by atoms with Crippen molar-refractivity contribution in [1.29, 1.82) is 0 Å². The highest BCUT2D eigenvalue weighted by Crippen LogP contribution is 2.36. The van der Waals surface area contributed by atoms with Crippen molar-refractivity contribution in [3.05, 3.63) is 28.2 Å². The number of hydrogen-bond acceptors (Lipinski definition) is 2. The van der Waals surface area contributed by atoms with E-state index in [4.69, 9.17) is 0 Å². The summed E-state index contributed by atoms with van der Waals surface area (Å²) in [5.74, 6) is 0. The number of rotatable bonds is 5. The van der Waals surface area contributed by atoms with Crippen LogP contribution in [-0.4, -0.2) is 11.3 Å². The normalized spacial score (nSPS) is 20.5. The molecule has 2 fully saturated rings. The molecule has 0 aliphatic heterocycles. The summed E-state index contributed by atoms with van der Waals surface area (Å²) in [6, 6.07) is 7.64. The maximum absolute atomic E-state index is 3.71. The first kappa shape index (κ1) is 13.0. The van der Waals surface area contributed by atoms with Gasteiger partial charge in [0.05, 0.1) is 0 Å². The molecule has 1 aromatic rings. The molecule has 1 N–H and O–H groups in total. The fourth-order valence-electron chi connectivity index (χ4n) is 2.49. The van der Waals surface area contributed by atoms with Crippen molar-refractivity contribution in [1.82, 2.24) is 5.32 Å². The van der Waals surface area contributed by atoms with Gasteiger partial charge in [-0.2, -0.15) is 0 Å². The van der Waals surface area contributed by atoms with Gasteiger partial charge in [-0.05, 0) is 43.4 Å². The molecule has 0 aromatic heterocycles. The number of halogens is 1. The molecule has 2 aliphatic rings. The van der Waals surface area contributed by atoms with E-state index in [1.54, 1.807) is 0 Å². The maximum atomic E-state index is 3.71. The van der Waals surface area contributed by atoms with E-state index in [1.165, 1.54) is 53.5 Å². The molecule has 1 aromatic carbocycles. The monoisotopic (exact) mass is 325 g/mol. The number of nitrogens with one attached hydrogen (secondary N) is 1. The lowest BCUT2D eigenvalue weighted by Crippen LogP contribution is -2.15. The molecular weight excluding hydrogens is 306 g/mol. The van der Waals surface area contributed by atoms with Gasteiger partial charge in [-0.1, -0.05) is 34.8 Å². The van der Waals surface area contributed by atoms with E-state index in [2.05, 4.69) is 51.2 Å². The largest absolute Gasteiger partial charge is 0.310 e. The molecule has 3 rings (SSSR count). The summed E-state index contributed by atoms with van der Waals surface area (Å²) in [4.78, 5) is 1.42. The average Bonchev–Trinajstić information content (AvgIpc) is 3.05. The zero-order valence-corrected chi connectivity index (χ0v) is 13.0. The molecule has 1 nitrogen and oxygen atoms in total. The SMILES string of the molecule is Brc1cc(SC2CCCC2)ccc1CNC1CC1. The van der Waals surface area contributed by atoms with Gasteiger partial charge in [0.15, 0.2) is 0 Å². The van der Waals surface area contributed by atoms with Crippen molar-refractivity contribution >= 4 is 27.7 Å². The Morgan fingerprint density at radius 2 is 1.94 bits per heavy atom. The molecule has 0 spiro atoms. The maximum Gasteiger partial charge on any atom is 0.0231 e. The smallest absolute Gasteiger partial charge is 0.0231 e. The standard InChI is InChI=1S/C15H20BrNS/c16-15-9-14(18-13-3-1-2-4-13)8-5-11(15)10-17-12-6-7-12/h5,8-9,12-13,17H,1-4,6-7,10H2. The first-order valence-electron chi connectivity index (χ1n) is 7.00. The summed E-state index contributed by atoms with van der Waals surface area (Å²) in [7, 11) is 0. The fourth-order valence-corrected chi connectivity index (χ4v) is 4.44. The zero-order chi connectivity index (χ0) is 12.4. The first-order valence-corrected chi connectivity index (χ1v) is 8.67. The van der Waals surface area contributed by atoms with Crippen molar-refractivity contribution in [2.45, 2.75) is 61.3 Å². The Morgan fingerprint density at radius 1 is 1.17 bits per heavy atom. The highest BCUT2D eigenvalue weighted by molar-refractivity contribution is 9.10. The van der Waals surface area contributed by atoms with Crippen LogP contribution in [0, 0.1) is 0 Å². The second kappa shape index (κ2) is 5.98. The van der Waals surface area contributed by atoms with Gasteiger partial charge in [0, 0.05) is 27.2 Å². The molecule has 0 atom stereocenters. The summed E-state index contributed by atoms with van der Waals surface area (Å²) in [6.07, 6.45) is 8.34. The van der Waals surface area contributed by atoms with Crippen LogP contribution in [0.25, 0.3) is 0 Å². The zero-order valence-electron chi connectivity index (χ0n) is 10.6. The average molecular weight is 326 g/mol. The molecular formula is C15H20BrNS. The highest BCUT2D eigenvalue weighted by atomic mass is 79.9. The predicted molar refractivity (Wildman–Crippen MR) is 82.1 cm³/mol.